The van der Waals surface area contributed by atoms with Crippen LogP contribution in [0.1, 0.15) is 25.0 Å². The van der Waals surface area contributed by atoms with E-state index in [1.165, 1.54) is 11.1 Å². The molecule has 0 spiro atoms. The van der Waals surface area contributed by atoms with E-state index in [4.69, 9.17) is 0 Å². The summed E-state index contributed by atoms with van der Waals surface area (Å²) in [5.41, 5.74) is 2.90. The van der Waals surface area contributed by atoms with Crippen molar-refractivity contribution >= 4 is 0 Å². The van der Waals surface area contributed by atoms with Gasteiger partial charge in [-0.2, -0.15) is 0 Å². The number of rotatable bonds is 3. The first-order valence-electron chi connectivity index (χ1n) is 5.67. The molecule has 0 bridgehead atoms. The zero-order chi connectivity index (χ0) is 10.8. The number of hydrogen-bond acceptors (Lipinski definition) is 2. The summed E-state index contributed by atoms with van der Waals surface area (Å²) in [7, 11) is 0. The van der Waals surface area contributed by atoms with Crippen molar-refractivity contribution < 1.29 is 5.11 Å². The van der Waals surface area contributed by atoms with Crippen LogP contribution in [0.25, 0.3) is 0 Å². The Morgan fingerprint density at radius 3 is 2.20 bits per heavy atom. The van der Waals surface area contributed by atoms with E-state index in [2.05, 4.69) is 29.6 Å². The van der Waals surface area contributed by atoms with Crippen molar-refractivity contribution in [2.45, 2.75) is 44.9 Å². The van der Waals surface area contributed by atoms with Crippen LogP contribution in [-0.4, -0.2) is 23.3 Å². The predicted molar refractivity (Wildman–Crippen MR) is 61.9 cm³/mol. The second-order valence-corrected chi connectivity index (χ2v) is 4.57. The Balaban J connectivity index is 1.96. The Hall–Kier alpha value is -0.860. The molecule has 1 aromatic carbocycles. The van der Waals surface area contributed by atoms with Crippen LogP contribution in [0.3, 0.4) is 0 Å². The minimum Gasteiger partial charge on any atom is -0.392 e. The zero-order valence-electron chi connectivity index (χ0n) is 9.40. The second kappa shape index (κ2) is 4.33. The van der Waals surface area contributed by atoms with Crippen molar-refractivity contribution in [1.82, 2.24) is 5.32 Å². The minimum atomic E-state index is -0.284. The molecule has 0 fully saturated rings. The summed E-state index contributed by atoms with van der Waals surface area (Å²) in [6.07, 6.45) is 1.90. The van der Waals surface area contributed by atoms with Gasteiger partial charge >= 0.3 is 0 Å². The summed E-state index contributed by atoms with van der Waals surface area (Å²) in [4.78, 5) is 0. The van der Waals surface area contributed by atoms with E-state index >= 15 is 0 Å². The Kier molecular flexibility index (Phi) is 3.08. The molecule has 0 aliphatic heterocycles. The highest BCUT2D eigenvalue weighted by Crippen LogP contribution is 2.21. The molecule has 2 N–H and O–H groups in total. The monoisotopic (exact) mass is 205 g/mol. The lowest BCUT2D eigenvalue weighted by molar-refractivity contribution is 0.146. The fourth-order valence-electron chi connectivity index (χ4n) is 2.19. The molecule has 0 amide bonds. The van der Waals surface area contributed by atoms with Crippen LogP contribution in [0.4, 0.5) is 0 Å². The summed E-state index contributed by atoms with van der Waals surface area (Å²) in [5, 5.41) is 12.9. The molecule has 1 aliphatic rings. The molecule has 1 aliphatic carbocycles. The summed E-state index contributed by atoms with van der Waals surface area (Å²) < 4.78 is 0. The van der Waals surface area contributed by atoms with Gasteiger partial charge in [-0.3, -0.25) is 0 Å². The van der Waals surface area contributed by atoms with Gasteiger partial charge in [0.05, 0.1) is 6.10 Å². The minimum absolute atomic E-state index is 0.171. The van der Waals surface area contributed by atoms with Crippen LogP contribution in [0.5, 0.6) is 0 Å². The van der Waals surface area contributed by atoms with Crippen LogP contribution < -0.4 is 5.32 Å². The van der Waals surface area contributed by atoms with Crippen molar-refractivity contribution in [3.63, 3.8) is 0 Å². The van der Waals surface area contributed by atoms with Gasteiger partial charge in [0.15, 0.2) is 0 Å². The van der Waals surface area contributed by atoms with Crippen LogP contribution in [0, 0.1) is 0 Å². The Morgan fingerprint density at radius 1 is 1.20 bits per heavy atom. The van der Waals surface area contributed by atoms with Crippen molar-refractivity contribution in [2.24, 2.45) is 0 Å². The highest BCUT2D eigenvalue weighted by atomic mass is 16.3. The van der Waals surface area contributed by atoms with Crippen LogP contribution in [0.15, 0.2) is 24.3 Å². The molecule has 1 aromatic rings. The molecular weight excluding hydrogens is 186 g/mol. The Bertz CT molecular complexity index is 310. The third-order valence-electron chi connectivity index (χ3n) is 3.27. The summed E-state index contributed by atoms with van der Waals surface area (Å²) in [6.45, 7) is 3.87. The van der Waals surface area contributed by atoms with Gasteiger partial charge in [0, 0.05) is 12.1 Å². The number of aliphatic hydroxyl groups excluding tert-OH is 1. The third kappa shape index (κ3) is 2.39. The molecular formula is C13H19NO. The van der Waals surface area contributed by atoms with Gasteiger partial charge in [-0.15, -0.1) is 0 Å². The van der Waals surface area contributed by atoms with Crippen molar-refractivity contribution in [2.75, 3.05) is 0 Å². The topological polar surface area (TPSA) is 32.3 Å². The molecule has 0 saturated heterocycles. The Morgan fingerprint density at radius 2 is 1.73 bits per heavy atom. The van der Waals surface area contributed by atoms with Crippen molar-refractivity contribution in [3.8, 4) is 0 Å². The van der Waals surface area contributed by atoms with Gasteiger partial charge in [-0.1, -0.05) is 24.3 Å². The first kappa shape index (κ1) is 10.7. The lowest BCUT2D eigenvalue weighted by Gasteiger charge is -2.21. The molecule has 82 valence electrons. The molecule has 0 heterocycles. The van der Waals surface area contributed by atoms with Gasteiger partial charge in [0.2, 0.25) is 0 Å². The number of aliphatic hydroxyl groups is 1. The highest BCUT2D eigenvalue weighted by Gasteiger charge is 2.22. The molecule has 2 rings (SSSR count). The molecule has 0 saturated carbocycles. The van der Waals surface area contributed by atoms with E-state index in [0.29, 0.717) is 6.04 Å². The van der Waals surface area contributed by atoms with Crippen LogP contribution in [0.2, 0.25) is 0 Å². The van der Waals surface area contributed by atoms with E-state index in [1.807, 2.05) is 13.8 Å². The number of benzene rings is 1. The van der Waals surface area contributed by atoms with E-state index < -0.39 is 0 Å². The maximum absolute atomic E-state index is 9.44. The van der Waals surface area contributed by atoms with E-state index in [-0.39, 0.29) is 12.1 Å². The normalized spacial score (nSPS) is 19.9. The predicted octanol–water partition coefficient (Wildman–Crippen LogP) is 1.51. The van der Waals surface area contributed by atoms with Gasteiger partial charge in [-0.25, -0.2) is 0 Å². The SMILES string of the molecule is CC(O)C(C)NC1Cc2ccccc2C1. The first-order valence-corrected chi connectivity index (χ1v) is 5.67. The molecule has 0 aromatic heterocycles. The van der Waals surface area contributed by atoms with E-state index in [9.17, 15) is 5.11 Å². The maximum Gasteiger partial charge on any atom is 0.0662 e. The standard InChI is InChI=1S/C13H19NO/c1-9(10(2)15)14-13-7-11-5-3-4-6-12(11)8-13/h3-6,9-10,13-15H,7-8H2,1-2H3. The fourth-order valence-corrected chi connectivity index (χ4v) is 2.19. The molecule has 0 radical (unpaired) electrons. The van der Waals surface area contributed by atoms with Gasteiger partial charge in [0.25, 0.3) is 0 Å². The van der Waals surface area contributed by atoms with Gasteiger partial charge < -0.3 is 10.4 Å². The molecule has 2 nitrogen and oxygen atoms in total. The first-order chi connectivity index (χ1) is 7.16. The Labute approximate surface area is 91.3 Å². The van der Waals surface area contributed by atoms with Crippen molar-refractivity contribution in [3.05, 3.63) is 35.4 Å². The van der Waals surface area contributed by atoms with Crippen LogP contribution >= 0.6 is 0 Å². The van der Waals surface area contributed by atoms with E-state index in [0.717, 1.165) is 12.8 Å². The number of nitrogens with one attached hydrogen (secondary N) is 1. The zero-order valence-corrected chi connectivity index (χ0v) is 9.40. The number of hydrogen-bond donors (Lipinski definition) is 2. The van der Waals surface area contributed by atoms with E-state index in [1.54, 1.807) is 0 Å². The number of fused-ring (bicyclic) bond motifs is 1. The lowest BCUT2D eigenvalue weighted by atomic mass is 10.1. The summed E-state index contributed by atoms with van der Waals surface area (Å²) >= 11 is 0. The molecule has 2 atom stereocenters. The third-order valence-corrected chi connectivity index (χ3v) is 3.27. The molecule has 2 unspecified atom stereocenters. The summed E-state index contributed by atoms with van der Waals surface area (Å²) in [6, 6.07) is 9.25. The second-order valence-electron chi connectivity index (χ2n) is 4.57. The van der Waals surface area contributed by atoms with Crippen molar-refractivity contribution in [1.29, 1.82) is 0 Å². The van der Waals surface area contributed by atoms with Crippen LogP contribution in [-0.2, 0) is 12.8 Å². The quantitative estimate of drug-likeness (QED) is 0.784. The summed E-state index contributed by atoms with van der Waals surface area (Å²) in [5.74, 6) is 0. The lowest BCUT2D eigenvalue weighted by Crippen LogP contribution is -2.42. The average molecular weight is 205 g/mol. The molecule has 15 heavy (non-hydrogen) atoms. The fraction of sp³-hybridized carbons (Fsp3) is 0.538. The highest BCUT2D eigenvalue weighted by molar-refractivity contribution is 5.33. The smallest absolute Gasteiger partial charge is 0.0662 e. The van der Waals surface area contributed by atoms with Gasteiger partial charge in [-0.05, 0) is 37.8 Å². The maximum atomic E-state index is 9.44. The largest absolute Gasteiger partial charge is 0.392 e. The van der Waals surface area contributed by atoms with Gasteiger partial charge in [0.1, 0.15) is 0 Å². The molecule has 2 heteroatoms. The average Bonchev–Trinajstić information content (AvgIpc) is 2.59.